The highest BCUT2D eigenvalue weighted by molar-refractivity contribution is 5.36. The van der Waals surface area contributed by atoms with Gasteiger partial charge in [-0.3, -0.25) is 0 Å². The van der Waals surface area contributed by atoms with Gasteiger partial charge in [0.25, 0.3) is 0 Å². The van der Waals surface area contributed by atoms with Gasteiger partial charge in [-0.2, -0.15) is 10.4 Å². The third-order valence-electron chi connectivity index (χ3n) is 3.76. The molecule has 0 unspecified atom stereocenters. The van der Waals surface area contributed by atoms with E-state index in [4.69, 9.17) is 5.26 Å². The number of nitriles is 1. The highest BCUT2D eigenvalue weighted by Gasteiger charge is 2.19. The molecule has 1 aromatic rings. The second kappa shape index (κ2) is 6.48. The fourth-order valence-corrected chi connectivity index (χ4v) is 2.39. The van der Waals surface area contributed by atoms with E-state index >= 15 is 0 Å². The summed E-state index contributed by atoms with van der Waals surface area (Å²) in [4.78, 5) is 4.32. The first-order chi connectivity index (χ1) is 9.20. The van der Waals surface area contributed by atoms with Gasteiger partial charge in [0.05, 0.1) is 18.2 Å². The third kappa shape index (κ3) is 3.65. The van der Waals surface area contributed by atoms with Gasteiger partial charge < -0.3 is 9.80 Å². The SMILES string of the molecule is CN1CCC(c2ccc(N(C)CCC#N)nn2)CC1. The van der Waals surface area contributed by atoms with Crippen LogP contribution >= 0.6 is 0 Å². The highest BCUT2D eigenvalue weighted by atomic mass is 15.2. The number of hydrogen-bond acceptors (Lipinski definition) is 5. The van der Waals surface area contributed by atoms with Crippen LogP contribution in [-0.4, -0.2) is 48.8 Å². The Morgan fingerprint density at radius 2 is 2.11 bits per heavy atom. The minimum absolute atomic E-state index is 0.509. The summed E-state index contributed by atoms with van der Waals surface area (Å²) in [6.45, 7) is 2.96. The van der Waals surface area contributed by atoms with Crippen LogP contribution in [0.5, 0.6) is 0 Å². The molecule has 1 saturated heterocycles. The molecule has 5 nitrogen and oxygen atoms in total. The van der Waals surface area contributed by atoms with Crippen molar-refractivity contribution in [1.82, 2.24) is 15.1 Å². The summed E-state index contributed by atoms with van der Waals surface area (Å²) in [7, 11) is 4.10. The van der Waals surface area contributed by atoms with Crippen molar-refractivity contribution < 1.29 is 0 Å². The first-order valence-electron chi connectivity index (χ1n) is 6.81. The Balaban J connectivity index is 1.96. The molecule has 0 atom stereocenters. The Bertz CT molecular complexity index is 428. The average molecular weight is 259 g/mol. The van der Waals surface area contributed by atoms with E-state index in [1.807, 2.05) is 18.0 Å². The van der Waals surface area contributed by atoms with Crippen LogP contribution in [0.3, 0.4) is 0 Å². The lowest BCUT2D eigenvalue weighted by atomic mass is 9.94. The normalized spacial score (nSPS) is 17.1. The Morgan fingerprint density at radius 1 is 1.37 bits per heavy atom. The predicted molar refractivity (Wildman–Crippen MR) is 75.0 cm³/mol. The smallest absolute Gasteiger partial charge is 0.151 e. The summed E-state index contributed by atoms with van der Waals surface area (Å²) in [6, 6.07) is 6.24. The zero-order valence-corrected chi connectivity index (χ0v) is 11.7. The molecule has 0 bridgehead atoms. The van der Waals surface area contributed by atoms with E-state index in [0.29, 0.717) is 18.9 Å². The molecular weight excluding hydrogens is 238 g/mol. The molecule has 0 spiro atoms. The highest BCUT2D eigenvalue weighted by Crippen LogP contribution is 2.26. The molecule has 1 aromatic heterocycles. The number of nitrogens with zero attached hydrogens (tertiary/aromatic N) is 5. The largest absolute Gasteiger partial charge is 0.357 e. The molecule has 5 heteroatoms. The van der Waals surface area contributed by atoms with Crippen LogP contribution in [0.25, 0.3) is 0 Å². The Hall–Kier alpha value is -1.67. The van der Waals surface area contributed by atoms with Gasteiger partial charge in [0.2, 0.25) is 0 Å². The van der Waals surface area contributed by atoms with E-state index in [2.05, 4.69) is 34.3 Å². The van der Waals surface area contributed by atoms with E-state index in [9.17, 15) is 0 Å². The first kappa shape index (κ1) is 13.8. The van der Waals surface area contributed by atoms with Crippen LogP contribution < -0.4 is 4.90 Å². The first-order valence-corrected chi connectivity index (χ1v) is 6.81. The van der Waals surface area contributed by atoms with E-state index in [0.717, 1.165) is 37.4 Å². The van der Waals surface area contributed by atoms with Crippen molar-refractivity contribution in [2.24, 2.45) is 0 Å². The minimum atomic E-state index is 0.509. The molecular formula is C14H21N5. The molecule has 102 valence electrons. The number of hydrogen-bond donors (Lipinski definition) is 0. The van der Waals surface area contributed by atoms with Crippen molar-refractivity contribution in [3.05, 3.63) is 17.8 Å². The van der Waals surface area contributed by atoms with Gasteiger partial charge in [0.1, 0.15) is 0 Å². The number of rotatable bonds is 4. The van der Waals surface area contributed by atoms with Crippen molar-refractivity contribution >= 4 is 5.82 Å². The quantitative estimate of drug-likeness (QED) is 0.822. The van der Waals surface area contributed by atoms with E-state index in [1.54, 1.807) is 0 Å². The molecule has 0 saturated carbocycles. The van der Waals surface area contributed by atoms with Crippen molar-refractivity contribution in [1.29, 1.82) is 5.26 Å². The maximum atomic E-state index is 8.58. The second-order valence-corrected chi connectivity index (χ2v) is 5.22. The second-order valence-electron chi connectivity index (χ2n) is 5.22. The lowest BCUT2D eigenvalue weighted by molar-refractivity contribution is 0.253. The standard InChI is InChI=1S/C14H21N5/c1-18-10-6-12(7-11-18)13-4-5-14(17-16-13)19(2)9-3-8-15/h4-5,12H,3,6-7,9-11H2,1-2H3. The van der Waals surface area contributed by atoms with Gasteiger partial charge in [-0.15, -0.1) is 5.10 Å². The summed E-state index contributed by atoms with van der Waals surface area (Å²) >= 11 is 0. The summed E-state index contributed by atoms with van der Waals surface area (Å²) in [5.41, 5.74) is 1.10. The maximum absolute atomic E-state index is 8.58. The monoisotopic (exact) mass is 259 g/mol. The third-order valence-corrected chi connectivity index (χ3v) is 3.76. The van der Waals surface area contributed by atoms with Gasteiger partial charge in [0, 0.05) is 19.5 Å². The summed E-state index contributed by atoms with van der Waals surface area (Å²) in [5.74, 6) is 1.38. The Kier molecular flexibility index (Phi) is 4.69. The van der Waals surface area contributed by atoms with Crippen LogP contribution in [0.1, 0.15) is 30.9 Å². The Morgan fingerprint density at radius 3 is 2.68 bits per heavy atom. The predicted octanol–water partition coefficient (Wildman–Crippen LogP) is 1.64. The lowest BCUT2D eigenvalue weighted by Crippen LogP contribution is -2.29. The molecule has 0 aliphatic carbocycles. The molecule has 0 N–H and O–H groups in total. The summed E-state index contributed by atoms with van der Waals surface area (Å²) in [6.07, 6.45) is 2.83. The van der Waals surface area contributed by atoms with Crippen LogP contribution in [0.15, 0.2) is 12.1 Å². The van der Waals surface area contributed by atoms with Gasteiger partial charge in [-0.1, -0.05) is 0 Å². The van der Waals surface area contributed by atoms with Crippen LogP contribution in [-0.2, 0) is 0 Å². The van der Waals surface area contributed by atoms with Gasteiger partial charge in [0.15, 0.2) is 5.82 Å². The zero-order chi connectivity index (χ0) is 13.7. The molecule has 0 aromatic carbocycles. The van der Waals surface area contributed by atoms with E-state index in [-0.39, 0.29) is 0 Å². The summed E-state index contributed by atoms with van der Waals surface area (Å²) < 4.78 is 0. The van der Waals surface area contributed by atoms with Crippen molar-refractivity contribution in [2.45, 2.75) is 25.2 Å². The average Bonchev–Trinajstić information content (AvgIpc) is 2.46. The fraction of sp³-hybridized carbons (Fsp3) is 0.643. The molecule has 0 radical (unpaired) electrons. The lowest BCUT2D eigenvalue weighted by Gasteiger charge is -2.28. The molecule has 1 fully saturated rings. The van der Waals surface area contributed by atoms with Gasteiger partial charge in [-0.25, -0.2) is 0 Å². The van der Waals surface area contributed by atoms with Crippen LogP contribution in [0, 0.1) is 11.3 Å². The fourth-order valence-electron chi connectivity index (χ4n) is 2.39. The van der Waals surface area contributed by atoms with E-state index < -0.39 is 0 Å². The van der Waals surface area contributed by atoms with Gasteiger partial charge >= 0.3 is 0 Å². The number of anilines is 1. The molecule has 2 rings (SSSR count). The minimum Gasteiger partial charge on any atom is -0.357 e. The zero-order valence-electron chi connectivity index (χ0n) is 11.7. The van der Waals surface area contributed by atoms with Crippen molar-refractivity contribution in [3.63, 3.8) is 0 Å². The number of piperidine rings is 1. The molecule has 1 aliphatic rings. The topological polar surface area (TPSA) is 56.0 Å². The molecule has 1 aliphatic heterocycles. The van der Waals surface area contributed by atoms with Crippen LogP contribution in [0.2, 0.25) is 0 Å². The molecule has 0 amide bonds. The molecule has 2 heterocycles. The Labute approximate surface area is 114 Å². The van der Waals surface area contributed by atoms with E-state index in [1.165, 1.54) is 0 Å². The summed E-state index contributed by atoms with van der Waals surface area (Å²) in [5, 5.41) is 17.2. The van der Waals surface area contributed by atoms with Crippen molar-refractivity contribution in [3.8, 4) is 6.07 Å². The van der Waals surface area contributed by atoms with Crippen molar-refractivity contribution in [2.75, 3.05) is 38.6 Å². The molecule has 19 heavy (non-hydrogen) atoms. The maximum Gasteiger partial charge on any atom is 0.151 e. The van der Waals surface area contributed by atoms with Gasteiger partial charge in [-0.05, 0) is 45.1 Å². The number of aromatic nitrogens is 2. The van der Waals surface area contributed by atoms with Crippen LogP contribution in [0.4, 0.5) is 5.82 Å². The number of likely N-dealkylation sites (tertiary alicyclic amines) is 1.